The molecule has 0 aliphatic rings. The van der Waals surface area contributed by atoms with Gasteiger partial charge < -0.3 is 5.11 Å². The van der Waals surface area contributed by atoms with Crippen LogP contribution in [-0.4, -0.2) is 11.7 Å². The lowest BCUT2D eigenvalue weighted by Crippen LogP contribution is -2.07. The average molecular weight is 258 g/mol. The van der Waals surface area contributed by atoms with E-state index >= 15 is 0 Å². The summed E-state index contributed by atoms with van der Waals surface area (Å²) in [5, 5.41) is 9.43. The molecule has 1 unspecified atom stereocenters. The number of halogens is 1. The Kier molecular flexibility index (Phi) is 5.10. The van der Waals surface area contributed by atoms with Gasteiger partial charge >= 0.3 is 0 Å². The van der Waals surface area contributed by atoms with Gasteiger partial charge in [-0.15, -0.1) is 0 Å². The molecule has 0 heterocycles. The summed E-state index contributed by atoms with van der Waals surface area (Å²) in [5.74, 6) is -0.328. The van der Waals surface area contributed by atoms with Crippen molar-refractivity contribution in [1.29, 1.82) is 0 Å². The van der Waals surface area contributed by atoms with Crippen molar-refractivity contribution < 1.29 is 9.50 Å². The number of hydrogen-bond donors (Lipinski definition) is 1. The quantitative estimate of drug-likeness (QED) is 0.832. The van der Waals surface area contributed by atoms with Gasteiger partial charge in [0.1, 0.15) is 5.82 Å². The number of rotatable bonds is 6. The molecule has 1 nitrogen and oxygen atoms in total. The first-order chi connectivity index (χ1) is 9.31. The third-order valence-electron chi connectivity index (χ3n) is 3.43. The Hall–Kier alpha value is -1.67. The van der Waals surface area contributed by atoms with Crippen molar-refractivity contribution >= 4 is 0 Å². The third kappa shape index (κ3) is 3.90. The van der Waals surface area contributed by atoms with Crippen molar-refractivity contribution in [2.45, 2.75) is 25.2 Å². The molecule has 0 aliphatic carbocycles. The van der Waals surface area contributed by atoms with Crippen LogP contribution in [0, 0.1) is 5.82 Å². The average Bonchev–Trinajstić information content (AvgIpc) is 2.46. The highest BCUT2D eigenvalue weighted by molar-refractivity contribution is 5.22. The summed E-state index contributed by atoms with van der Waals surface area (Å²) in [6, 6.07) is 16.9. The maximum Gasteiger partial charge on any atom is 0.126 e. The summed E-state index contributed by atoms with van der Waals surface area (Å²) in [5.41, 5.74) is 1.91. The number of aryl methyl sites for hydroxylation is 1. The van der Waals surface area contributed by atoms with E-state index in [-0.39, 0.29) is 18.3 Å². The smallest absolute Gasteiger partial charge is 0.126 e. The Balaban J connectivity index is 1.92. The molecule has 0 aliphatic heterocycles. The van der Waals surface area contributed by atoms with E-state index in [0.717, 1.165) is 19.3 Å². The van der Waals surface area contributed by atoms with Crippen LogP contribution in [0.1, 0.15) is 29.9 Å². The van der Waals surface area contributed by atoms with E-state index in [1.54, 1.807) is 12.1 Å². The predicted octanol–water partition coefficient (Wildman–Crippen LogP) is 3.92. The first-order valence-electron chi connectivity index (χ1n) is 6.70. The van der Waals surface area contributed by atoms with Gasteiger partial charge in [0, 0.05) is 5.92 Å². The molecular weight excluding hydrogens is 239 g/mol. The number of aliphatic hydroxyl groups excluding tert-OH is 1. The van der Waals surface area contributed by atoms with Crippen molar-refractivity contribution in [2.75, 3.05) is 6.61 Å². The zero-order valence-corrected chi connectivity index (χ0v) is 10.9. The van der Waals surface area contributed by atoms with E-state index in [4.69, 9.17) is 0 Å². The summed E-state index contributed by atoms with van der Waals surface area (Å²) in [4.78, 5) is 0. The van der Waals surface area contributed by atoms with Crippen LogP contribution in [0.15, 0.2) is 54.6 Å². The molecular formula is C17H19FO. The minimum absolute atomic E-state index is 0.00424. The lowest BCUT2D eigenvalue weighted by molar-refractivity contribution is 0.254. The highest BCUT2D eigenvalue weighted by atomic mass is 19.1. The van der Waals surface area contributed by atoms with Gasteiger partial charge in [0.25, 0.3) is 0 Å². The maximum atomic E-state index is 13.7. The van der Waals surface area contributed by atoms with Crippen LogP contribution in [0.3, 0.4) is 0 Å². The molecule has 100 valence electrons. The summed E-state index contributed by atoms with van der Waals surface area (Å²) >= 11 is 0. The molecule has 2 aromatic carbocycles. The van der Waals surface area contributed by atoms with Gasteiger partial charge in [-0.1, -0.05) is 48.5 Å². The first-order valence-corrected chi connectivity index (χ1v) is 6.70. The molecule has 1 N–H and O–H groups in total. The van der Waals surface area contributed by atoms with E-state index in [9.17, 15) is 9.50 Å². The largest absolute Gasteiger partial charge is 0.396 e. The SMILES string of the molecule is OCC(CCCc1ccccc1)c1ccccc1F. The molecule has 0 saturated carbocycles. The predicted molar refractivity (Wildman–Crippen MR) is 75.6 cm³/mol. The maximum absolute atomic E-state index is 13.7. The lowest BCUT2D eigenvalue weighted by atomic mass is 9.93. The topological polar surface area (TPSA) is 20.2 Å². The molecule has 2 rings (SSSR count). The van der Waals surface area contributed by atoms with Gasteiger partial charge in [-0.25, -0.2) is 4.39 Å². The third-order valence-corrected chi connectivity index (χ3v) is 3.43. The molecule has 0 amide bonds. The Bertz CT molecular complexity index is 496. The van der Waals surface area contributed by atoms with Gasteiger partial charge in [0.15, 0.2) is 0 Å². The monoisotopic (exact) mass is 258 g/mol. The van der Waals surface area contributed by atoms with Crippen LogP contribution in [0.4, 0.5) is 4.39 Å². The summed E-state index contributed by atoms with van der Waals surface area (Å²) in [6.45, 7) is -0.00424. The van der Waals surface area contributed by atoms with Crippen LogP contribution in [0.25, 0.3) is 0 Å². The number of benzene rings is 2. The van der Waals surface area contributed by atoms with Crippen molar-refractivity contribution in [2.24, 2.45) is 0 Å². The van der Waals surface area contributed by atoms with E-state index in [0.29, 0.717) is 5.56 Å². The highest BCUT2D eigenvalue weighted by Crippen LogP contribution is 2.24. The van der Waals surface area contributed by atoms with E-state index in [1.165, 1.54) is 11.6 Å². The summed E-state index contributed by atoms with van der Waals surface area (Å²) in [7, 11) is 0. The van der Waals surface area contributed by atoms with Gasteiger partial charge in [0.05, 0.1) is 6.61 Å². The van der Waals surface area contributed by atoms with Crippen molar-refractivity contribution in [3.05, 3.63) is 71.5 Å². The zero-order chi connectivity index (χ0) is 13.5. The minimum atomic E-state index is -0.221. The van der Waals surface area contributed by atoms with Gasteiger partial charge in [-0.05, 0) is 36.5 Å². The van der Waals surface area contributed by atoms with Crippen LogP contribution < -0.4 is 0 Å². The normalized spacial score (nSPS) is 12.3. The fourth-order valence-corrected chi connectivity index (χ4v) is 2.35. The van der Waals surface area contributed by atoms with Crippen LogP contribution in [0.2, 0.25) is 0 Å². The molecule has 1 atom stereocenters. The standard InChI is InChI=1S/C17H19FO/c18-17-12-5-4-11-16(17)15(13-19)10-6-9-14-7-2-1-3-8-14/h1-5,7-8,11-12,15,19H,6,9-10,13H2. The van der Waals surface area contributed by atoms with Gasteiger partial charge in [0.2, 0.25) is 0 Å². The van der Waals surface area contributed by atoms with Crippen LogP contribution in [0.5, 0.6) is 0 Å². The number of aliphatic hydroxyl groups is 1. The molecule has 2 heteroatoms. The van der Waals surface area contributed by atoms with Crippen LogP contribution in [-0.2, 0) is 6.42 Å². The molecule has 0 radical (unpaired) electrons. The van der Waals surface area contributed by atoms with E-state index in [2.05, 4.69) is 12.1 Å². The van der Waals surface area contributed by atoms with Crippen molar-refractivity contribution in [3.8, 4) is 0 Å². The van der Waals surface area contributed by atoms with Crippen LogP contribution >= 0.6 is 0 Å². The molecule has 0 bridgehead atoms. The Morgan fingerprint density at radius 1 is 0.947 bits per heavy atom. The Morgan fingerprint density at radius 2 is 1.63 bits per heavy atom. The highest BCUT2D eigenvalue weighted by Gasteiger charge is 2.14. The fourth-order valence-electron chi connectivity index (χ4n) is 2.35. The number of hydrogen-bond acceptors (Lipinski definition) is 1. The zero-order valence-electron chi connectivity index (χ0n) is 10.9. The Labute approximate surface area is 113 Å². The minimum Gasteiger partial charge on any atom is -0.396 e. The van der Waals surface area contributed by atoms with Gasteiger partial charge in [-0.2, -0.15) is 0 Å². The first kappa shape index (κ1) is 13.8. The van der Waals surface area contributed by atoms with Gasteiger partial charge in [-0.3, -0.25) is 0 Å². The molecule has 0 saturated heterocycles. The molecule has 19 heavy (non-hydrogen) atoms. The molecule has 0 aromatic heterocycles. The second-order valence-corrected chi connectivity index (χ2v) is 4.78. The summed E-state index contributed by atoms with van der Waals surface area (Å²) < 4.78 is 13.7. The Morgan fingerprint density at radius 3 is 2.32 bits per heavy atom. The van der Waals surface area contributed by atoms with E-state index < -0.39 is 0 Å². The molecule has 2 aromatic rings. The molecule has 0 fully saturated rings. The van der Waals surface area contributed by atoms with Crippen molar-refractivity contribution in [1.82, 2.24) is 0 Å². The lowest BCUT2D eigenvalue weighted by Gasteiger charge is -2.15. The molecule has 0 spiro atoms. The second kappa shape index (κ2) is 7.05. The second-order valence-electron chi connectivity index (χ2n) is 4.78. The van der Waals surface area contributed by atoms with E-state index in [1.807, 2.05) is 24.3 Å². The van der Waals surface area contributed by atoms with Crippen molar-refractivity contribution in [3.63, 3.8) is 0 Å². The summed E-state index contributed by atoms with van der Waals surface area (Å²) in [6.07, 6.45) is 2.71. The fraction of sp³-hybridized carbons (Fsp3) is 0.294.